The summed E-state index contributed by atoms with van der Waals surface area (Å²) in [7, 11) is 0. The Balaban J connectivity index is 1.67. The molecule has 0 saturated heterocycles. The van der Waals surface area contributed by atoms with E-state index in [1.807, 2.05) is 0 Å². The number of carbonyl (C=O) groups excluding carboxylic acids is 2. The zero-order chi connectivity index (χ0) is 24.2. The van der Waals surface area contributed by atoms with Gasteiger partial charge in [0.2, 0.25) is 0 Å². The highest BCUT2D eigenvalue weighted by Crippen LogP contribution is 2.43. The fourth-order valence-electron chi connectivity index (χ4n) is 3.97. The summed E-state index contributed by atoms with van der Waals surface area (Å²) in [4.78, 5) is 27.2. The molecule has 0 aliphatic carbocycles. The minimum atomic E-state index is -4.83. The average Bonchev–Trinajstić information content (AvgIpc) is 2.78. The monoisotopic (exact) mass is 501 g/mol. The third-order valence-corrected chi connectivity index (χ3v) is 5.87. The lowest BCUT2D eigenvalue weighted by Gasteiger charge is -2.29. The van der Waals surface area contributed by atoms with E-state index in [0.717, 1.165) is 6.07 Å². The second-order valence-corrected chi connectivity index (χ2v) is 8.38. The molecule has 4 nitrogen and oxygen atoms in total. The van der Waals surface area contributed by atoms with Crippen LogP contribution in [0.25, 0.3) is 10.8 Å². The van der Waals surface area contributed by atoms with Gasteiger partial charge >= 0.3 is 6.18 Å². The van der Waals surface area contributed by atoms with Gasteiger partial charge in [-0.1, -0.05) is 41.4 Å². The molecule has 0 bridgehead atoms. The largest absolute Gasteiger partial charge is 0.457 e. The summed E-state index contributed by atoms with van der Waals surface area (Å²) >= 11 is 11.8. The fourth-order valence-corrected chi connectivity index (χ4v) is 4.32. The number of ether oxygens (including phenoxy) is 1. The van der Waals surface area contributed by atoms with Gasteiger partial charge in [-0.25, -0.2) is 4.90 Å². The molecule has 1 heterocycles. The van der Waals surface area contributed by atoms with Crippen LogP contribution >= 0.6 is 23.2 Å². The number of hydrogen-bond acceptors (Lipinski definition) is 3. The number of hydrogen-bond donors (Lipinski definition) is 0. The first kappa shape index (κ1) is 22.3. The van der Waals surface area contributed by atoms with Crippen molar-refractivity contribution >= 4 is 51.5 Å². The van der Waals surface area contributed by atoms with Crippen LogP contribution in [-0.4, -0.2) is 11.8 Å². The first-order chi connectivity index (χ1) is 16.1. The third kappa shape index (κ3) is 3.67. The Morgan fingerprint density at radius 1 is 0.765 bits per heavy atom. The molecule has 4 aromatic rings. The number of imide groups is 1. The summed E-state index contributed by atoms with van der Waals surface area (Å²) < 4.78 is 47.1. The molecule has 0 aromatic heterocycles. The molecule has 1 aliphatic rings. The normalized spacial score (nSPS) is 13.5. The Hall–Kier alpha value is -3.55. The van der Waals surface area contributed by atoms with E-state index in [0.29, 0.717) is 38.3 Å². The molecule has 0 radical (unpaired) electrons. The lowest BCUT2D eigenvalue weighted by atomic mass is 9.92. The van der Waals surface area contributed by atoms with Gasteiger partial charge in [-0.3, -0.25) is 9.59 Å². The standard InChI is InChI=1S/C25H12Cl2F3NO3/c26-13-3-1-4-15(11-13)34-21-10-8-18-22-16(21)5-2-6-17(22)23(32)31(24(18)33)20-9-7-14(27)12-19(20)25(28,29)30/h1-12H. The van der Waals surface area contributed by atoms with Crippen molar-refractivity contribution in [3.63, 3.8) is 0 Å². The molecule has 1 aliphatic heterocycles. The summed E-state index contributed by atoms with van der Waals surface area (Å²) in [6.07, 6.45) is -4.83. The van der Waals surface area contributed by atoms with Crippen molar-refractivity contribution in [1.82, 2.24) is 0 Å². The Kier molecular flexibility index (Phi) is 5.26. The smallest absolute Gasteiger partial charge is 0.418 e. The molecule has 0 fully saturated rings. The average molecular weight is 502 g/mol. The van der Waals surface area contributed by atoms with E-state index in [9.17, 15) is 22.8 Å². The van der Waals surface area contributed by atoms with Gasteiger partial charge in [0.05, 0.1) is 11.3 Å². The highest BCUT2D eigenvalue weighted by Gasteiger charge is 2.41. The number of nitrogens with zero attached hydrogens (tertiary/aromatic N) is 1. The molecular formula is C25H12Cl2F3NO3. The van der Waals surface area contributed by atoms with Gasteiger partial charge in [0.15, 0.2) is 0 Å². The van der Waals surface area contributed by atoms with E-state index in [-0.39, 0.29) is 16.1 Å². The maximum Gasteiger partial charge on any atom is 0.418 e. The molecule has 0 unspecified atom stereocenters. The Morgan fingerprint density at radius 3 is 2.15 bits per heavy atom. The quantitative estimate of drug-likeness (QED) is 0.269. The topological polar surface area (TPSA) is 46.6 Å². The van der Waals surface area contributed by atoms with Crippen molar-refractivity contribution in [2.75, 3.05) is 4.90 Å². The number of carbonyl (C=O) groups is 2. The van der Waals surface area contributed by atoms with Crippen molar-refractivity contribution in [2.24, 2.45) is 0 Å². The van der Waals surface area contributed by atoms with Crippen LogP contribution in [-0.2, 0) is 6.18 Å². The van der Waals surface area contributed by atoms with Crippen LogP contribution in [0.15, 0.2) is 72.8 Å². The van der Waals surface area contributed by atoms with Crippen molar-refractivity contribution in [1.29, 1.82) is 0 Å². The highest BCUT2D eigenvalue weighted by atomic mass is 35.5. The van der Waals surface area contributed by atoms with Gasteiger partial charge in [0, 0.05) is 31.9 Å². The van der Waals surface area contributed by atoms with Gasteiger partial charge in [0.25, 0.3) is 11.8 Å². The number of anilines is 1. The Morgan fingerprint density at radius 2 is 1.44 bits per heavy atom. The predicted octanol–water partition coefficient (Wildman–Crippen LogP) is 7.76. The van der Waals surface area contributed by atoms with Crippen molar-refractivity contribution in [3.05, 3.63) is 99.5 Å². The first-order valence-electron chi connectivity index (χ1n) is 9.90. The minimum Gasteiger partial charge on any atom is -0.457 e. The lowest BCUT2D eigenvalue weighted by molar-refractivity contribution is -0.137. The molecule has 0 N–H and O–H groups in total. The maximum atomic E-state index is 13.7. The Bertz CT molecular complexity index is 1480. The summed E-state index contributed by atoms with van der Waals surface area (Å²) in [5.74, 6) is -0.953. The van der Waals surface area contributed by atoms with E-state index in [1.165, 1.54) is 24.3 Å². The molecule has 5 rings (SSSR count). The molecule has 170 valence electrons. The highest BCUT2D eigenvalue weighted by molar-refractivity contribution is 6.36. The first-order valence-corrected chi connectivity index (χ1v) is 10.7. The minimum absolute atomic E-state index is 0.0757. The molecule has 9 heteroatoms. The number of alkyl halides is 3. The predicted molar refractivity (Wildman–Crippen MR) is 123 cm³/mol. The van der Waals surface area contributed by atoms with E-state index >= 15 is 0 Å². The van der Waals surface area contributed by atoms with Crippen LogP contribution < -0.4 is 9.64 Å². The second-order valence-electron chi connectivity index (χ2n) is 7.50. The Labute approximate surface area is 201 Å². The SMILES string of the molecule is O=C1c2cccc3c(Oc4cccc(Cl)c4)ccc(c23)C(=O)N1c1ccc(Cl)cc1C(F)(F)F. The zero-order valence-corrected chi connectivity index (χ0v) is 18.5. The van der Waals surface area contributed by atoms with E-state index in [1.54, 1.807) is 36.4 Å². The van der Waals surface area contributed by atoms with E-state index in [4.69, 9.17) is 27.9 Å². The summed E-state index contributed by atoms with van der Waals surface area (Å²) in [6, 6.07) is 17.3. The van der Waals surface area contributed by atoms with Crippen LogP contribution in [0.3, 0.4) is 0 Å². The fraction of sp³-hybridized carbons (Fsp3) is 0.0400. The molecule has 0 atom stereocenters. The number of amides is 2. The number of halogens is 5. The van der Waals surface area contributed by atoms with Gasteiger partial charge in [-0.15, -0.1) is 0 Å². The summed E-state index contributed by atoms with van der Waals surface area (Å²) in [6.45, 7) is 0. The molecule has 0 saturated carbocycles. The second kappa shape index (κ2) is 8.04. The molecular weight excluding hydrogens is 490 g/mol. The van der Waals surface area contributed by atoms with Crippen LogP contribution in [0.1, 0.15) is 26.3 Å². The van der Waals surface area contributed by atoms with Gasteiger partial charge < -0.3 is 4.74 Å². The lowest BCUT2D eigenvalue weighted by Crippen LogP contribution is -2.41. The van der Waals surface area contributed by atoms with Crippen molar-refractivity contribution in [3.8, 4) is 11.5 Å². The van der Waals surface area contributed by atoms with Crippen LogP contribution in [0.5, 0.6) is 11.5 Å². The third-order valence-electron chi connectivity index (χ3n) is 5.40. The van der Waals surface area contributed by atoms with Gasteiger partial charge in [-0.05, 0) is 54.6 Å². The van der Waals surface area contributed by atoms with Crippen LogP contribution in [0.4, 0.5) is 18.9 Å². The van der Waals surface area contributed by atoms with Gasteiger partial charge in [0.1, 0.15) is 11.5 Å². The summed E-state index contributed by atoms with van der Waals surface area (Å²) in [5, 5.41) is 1.06. The van der Waals surface area contributed by atoms with Gasteiger partial charge in [-0.2, -0.15) is 13.2 Å². The molecule has 0 spiro atoms. The molecule has 2 amide bonds. The number of rotatable bonds is 3. The van der Waals surface area contributed by atoms with Crippen LogP contribution in [0.2, 0.25) is 10.0 Å². The van der Waals surface area contributed by atoms with Crippen molar-refractivity contribution in [2.45, 2.75) is 6.18 Å². The summed E-state index contributed by atoms with van der Waals surface area (Å²) in [5.41, 5.74) is -1.62. The van der Waals surface area contributed by atoms with Crippen molar-refractivity contribution < 1.29 is 27.5 Å². The molecule has 4 aromatic carbocycles. The van der Waals surface area contributed by atoms with E-state index < -0.39 is 29.2 Å². The maximum absolute atomic E-state index is 13.7. The molecule has 34 heavy (non-hydrogen) atoms. The van der Waals surface area contributed by atoms with Crippen LogP contribution in [0, 0.1) is 0 Å². The number of benzene rings is 4. The van der Waals surface area contributed by atoms with E-state index in [2.05, 4.69) is 0 Å². The zero-order valence-electron chi connectivity index (χ0n) is 17.0.